The van der Waals surface area contributed by atoms with Gasteiger partial charge in [-0.2, -0.15) is 0 Å². The first kappa shape index (κ1) is 28.3. The van der Waals surface area contributed by atoms with Crippen molar-refractivity contribution in [2.75, 3.05) is 51.8 Å². The molecule has 1 saturated heterocycles. The fraction of sp³-hybridized carbons (Fsp3) is 0.952. The molecule has 0 bridgehead atoms. The van der Waals surface area contributed by atoms with Gasteiger partial charge in [0.2, 0.25) is 5.69 Å². The summed E-state index contributed by atoms with van der Waals surface area (Å²) in [6.45, 7) is 19.3. The highest BCUT2D eigenvalue weighted by molar-refractivity contribution is 8.67. The van der Waals surface area contributed by atoms with Crippen molar-refractivity contribution in [3.63, 3.8) is 0 Å². The molecule has 0 spiro atoms. The predicted octanol–water partition coefficient (Wildman–Crippen LogP) is 5.11. The first-order chi connectivity index (χ1) is 13.8. The molecule has 178 valence electrons. The van der Waals surface area contributed by atoms with Crippen LogP contribution in [0, 0.1) is 11.3 Å². The third-order valence-electron chi connectivity index (χ3n) is 4.61. The van der Waals surface area contributed by atoms with E-state index in [4.69, 9.17) is 30.3 Å². The maximum Gasteiger partial charge on any atom is 0.311 e. The number of carbonyl (C=O) groups is 1. The monoisotopic (exact) mass is 483 g/mol. The fourth-order valence-corrected chi connectivity index (χ4v) is 7.97. The van der Waals surface area contributed by atoms with Crippen LogP contribution in [0.25, 0.3) is 0 Å². The number of hydrogen-bond acceptors (Lipinski definition) is 8. The SMILES string of the molecule is CC(C)CCOP(=S)(OC(C)(C)C)SCCOC(=O)C(C)(C)CCN1CCOCC1. The number of hydrogen-bond donors (Lipinski definition) is 0. The zero-order valence-corrected chi connectivity index (χ0v) is 22.4. The van der Waals surface area contributed by atoms with Gasteiger partial charge in [0.05, 0.1) is 30.8 Å². The number of ether oxygens (including phenoxy) is 2. The lowest BCUT2D eigenvalue weighted by atomic mass is 9.89. The largest absolute Gasteiger partial charge is 0.464 e. The summed E-state index contributed by atoms with van der Waals surface area (Å²) in [7, 11) is 0. The Labute approximate surface area is 193 Å². The van der Waals surface area contributed by atoms with Gasteiger partial charge in [-0.25, -0.2) is 0 Å². The minimum Gasteiger partial charge on any atom is -0.464 e. The predicted molar refractivity (Wildman–Crippen MR) is 130 cm³/mol. The summed E-state index contributed by atoms with van der Waals surface area (Å²) in [6, 6.07) is 0. The molecule has 0 aromatic heterocycles. The summed E-state index contributed by atoms with van der Waals surface area (Å²) in [5.41, 5.74) is -3.38. The molecule has 0 radical (unpaired) electrons. The van der Waals surface area contributed by atoms with E-state index in [9.17, 15) is 4.79 Å². The summed E-state index contributed by atoms with van der Waals surface area (Å²) in [5.74, 6) is 0.955. The molecule has 0 saturated carbocycles. The Morgan fingerprint density at radius 1 is 1.17 bits per heavy atom. The number of carbonyl (C=O) groups excluding carboxylic acids is 1. The van der Waals surface area contributed by atoms with Crippen molar-refractivity contribution in [1.29, 1.82) is 0 Å². The minimum atomic E-state index is -2.49. The van der Waals surface area contributed by atoms with E-state index >= 15 is 0 Å². The zero-order valence-electron chi connectivity index (χ0n) is 19.9. The van der Waals surface area contributed by atoms with Crippen LogP contribution in [-0.2, 0) is 35.1 Å². The van der Waals surface area contributed by atoms with Crippen molar-refractivity contribution in [1.82, 2.24) is 4.90 Å². The van der Waals surface area contributed by atoms with Gasteiger partial charge >= 0.3 is 5.97 Å². The molecule has 0 N–H and O–H groups in total. The van der Waals surface area contributed by atoms with E-state index in [1.807, 2.05) is 34.6 Å². The normalized spacial score (nSPS) is 18.4. The number of rotatable bonds is 13. The maximum absolute atomic E-state index is 12.6. The van der Waals surface area contributed by atoms with Crippen molar-refractivity contribution >= 4 is 34.9 Å². The smallest absolute Gasteiger partial charge is 0.311 e. The van der Waals surface area contributed by atoms with Gasteiger partial charge in [-0.05, 0) is 71.7 Å². The standard InChI is InChI=1S/C21H42NO5PS2/c1-18(2)8-13-26-28(29,27-20(3,4)5)30-17-16-25-19(23)21(6,7)9-10-22-11-14-24-15-12-22/h18H,8-17H2,1-7H3. The molecule has 1 fully saturated rings. The molecule has 30 heavy (non-hydrogen) atoms. The van der Waals surface area contributed by atoms with Crippen LogP contribution in [-0.4, -0.2) is 68.3 Å². The Hall–Kier alpha value is 0.310. The van der Waals surface area contributed by atoms with Gasteiger partial charge < -0.3 is 18.5 Å². The van der Waals surface area contributed by atoms with E-state index in [1.165, 1.54) is 11.4 Å². The van der Waals surface area contributed by atoms with Crippen molar-refractivity contribution in [3.05, 3.63) is 0 Å². The highest BCUT2D eigenvalue weighted by Crippen LogP contribution is 2.63. The molecular formula is C21H42NO5PS2. The molecule has 1 atom stereocenters. The van der Waals surface area contributed by atoms with Crippen molar-refractivity contribution in [3.8, 4) is 0 Å². The Morgan fingerprint density at radius 2 is 1.80 bits per heavy atom. The quantitative estimate of drug-likeness (QED) is 0.203. The molecule has 0 aromatic carbocycles. The zero-order chi connectivity index (χ0) is 22.8. The lowest BCUT2D eigenvalue weighted by molar-refractivity contribution is -0.153. The molecule has 1 unspecified atom stereocenters. The highest BCUT2D eigenvalue weighted by Gasteiger charge is 2.31. The second kappa shape index (κ2) is 13.1. The molecule has 1 aliphatic heterocycles. The lowest BCUT2D eigenvalue weighted by Crippen LogP contribution is -2.39. The Balaban J connectivity index is 2.43. The first-order valence-corrected chi connectivity index (χ1v) is 15.1. The van der Waals surface area contributed by atoms with Gasteiger partial charge in [-0.15, -0.1) is 0 Å². The molecular weight excluding hydrogens is 441 g/mol. The Morgan fingerprint density at radius 3 is 2.37 bits per heavy atom. The van der Waals surface area contributed by atoms with Gasteiger partial charge in [0, 0.05) is 18.8 Å². The van der Waals surface area contributed by atoms with Crippen LogP contribution in [0.15, 0.2) is 0 Å². The second-order valence-electron chi connectivity index (χ2n) is 9.72. The van der Waals surface area contributed by atoms with E-state index in [0.717, 1.165) is 45.7 Å². The molecule has 1 heterocycles. The van der Waals surface area contributed by atoms with Crippen LogP contribution in [0.1, 0.15) is 61.3 Å². The van der Waals surface area contributed by atoms with E-state index in [1.54, 1.807) is 0 Å². The number of nitrogens with zero attached hydrogens (tertiary/aromatic N) is 1. The first-order valence-electron chi connectivity index (χ1n) is 10.9. The summed E-state index contributed by atoms with van der Waals surface area (Å²) in [4.78, 5) is 14.9. The minimum absolute atomic E-state index is 0.165. The molecule has 9 heteroatoms. The Bertz CT molecular complexity index is 560. The van der Waals surface area contributed by atoms with Crippen molar-refractivity contribution < 1.29 is 23.3 Å². The molecule has 6 nitrogen and oxygen atoms in total. The van der Waals surface area contributed by atoms with E-state index in [0.29, 0.717) is 24.9 Å². The topological polar surface area (TPSA) is 57.2 Å². The van der Waals surface area contributed by atoms with Crippen LogP contribution in [0.2, 0.25) is 0 Å². The summed E-state index contributed by atoms with van der Waals surface area (Å²) in [5, 5.41) is 0. The van der Waals surface area contributed by atoms with Gasteiger partial charge in [0.15, 0.2) is 0 Å². The second-order valence-corrected chi connectivity index (χ2v) is 16.1. The maximum atomic E-state index is 12.6. The molecule has 1 aliphatic rings. The van der Waals surface area contributed by atoms with Crippen LogP contribution in [0.3, 0.4) is 0 Å². The summed E-state index contributed by atoms with van der Waals surface area (Å²) in [6.07, 6.45) is 1.71. The van der Waals surface area contributed by atoms with Crippen LogP contribution in [0.4, 0.5) is 0 Å². The van der Waals surface area contributed by atoms with Gasteiger partial charge in [-0.3, -0.25) is 9.69 Å². The summed E-state index contributed by atoms with van der Waals surface area (Å²) < 4.78 is 23.1. The lowest BCUT2D eigenvalue weighted by Gasteiger charge is -2.31. The third kappa shape index (κ3) is 12.4. The molecule has 0 aromatic rings. The van der Waals surface area contributed by atoms with Crippen LogP contribution in [0.5, 0.6) is 0 Å². The molecule has 0 aliphatic carbocycles. The van der Waals surface area contributed by atoms with Gasteiger partial charge in [0.25, 0.3) is 0 Å². The molecule has 0 amide bonds. The number of morpholine rings is 1. The average Bonchev–Trinajstić information content (AvgIpc) is 2.62. The fourth-order valence-electron chi connectivity index (χ4n) is 2.67. The third-order valence-corrected chi connectivity index (χ3v) is 10.1. The van der Waals surface area contributed by atoms with Crippen LogP contribution < -0.4 is 0 Å². The van der Waals surface area contributed by atoms with Gasteiger partial charge in [0.1, 0.15) is 6.61 Å². The van der Waals surface area contributed by atoms with E-state index in [2.05, 4.69) is 18.7 Å². The van der Waals surface area contributed by atoms with Crippen LogP contribution >= 0.6 is 17.1 Å². The van der Waals surface area contributed by atoms with Crippen molar-refractivity contribution in [2.45, 2.75) is 66.9 Å². The van der Waals surface area contributed by atoms with E-state index in [-0.39, 0.29) is 11.6 Å². The summed E-state index contributed by atoms with van der Waals surface area (Å²) >= 11 is 7.22. The average molecular weight is 484 g/mol. The molecule has 1 rings (SSSR count). The highest BCUT2D eigenvalue weighted by atomic mass is 32.9. The Kier molecular flexibility index (Phi) is 12.4. The van der Waals surface area contributed by atoms with E-state index < -0.39 is 11.1 Å². The van der Waals surface area contributed by atoms with Gasteiger partial charge in [-0.1, -0.05) is 25.2 Å². The van der Waals surface area contributed by atoms with Crippen molar-refractivity contribution in [2.24, 2.45) is 11.3 Å². The number of esters is 1.